The maximum atomic E-state index is 11.9. The lowest BCUT2D eigenvalue weighted by Crippen LogP contribution is -2.02. The van der Waals surface area contributed by atoms with Gasteiger partial charge < -0.3 is 13.9 Å². The van der Waals surface area contributed by atoms with Crippen LogP contribution in [0.3, 0.4) is 0 Å². The molecule has 2 aromatic carbocycles. The summed E-state index contributed by atoms with van der Waals surface area (Å²) in [5.74, 6) is 1.40. The number of methoxy groups -OCH3 is 1. The fourth-order valence-corrected chi connectivity index (χ4v) is 2.30. The summed E-state index contributed by atoms with van der Waals surface area (Å²) in [7, 11) is 1.59. The van der Waals surface area contributed by atoms with Crippen molar-refractivity contribution in [1.82, 2.24) is 0 Å². The summed E-state index contributed by atoms with van der Waals surface area (Å²) in [6.45, 7) is 0. The summed E-state index contributed by atoms with van der Waals surface area (Å²) in [5, 5.41) is 0.785. The van der Waals surface area contributed by atoms with Gasteiger partial charge in [0.2, 0.25) is 5.75 Å². The van der Waals surface area contributed by atoms with Gasteiger partial charge in [-0.1, -0.05) is 15.9 Å². The van der Waals surface area contributed by atoms with Gasteiger partial charge in [0.15, 0.2) is 0 Å². The van der Waals surface area contributed by atoms with Gasteiger partial charge in [0, 0.05) is 9.86 Å². The maximum absolute atomic E-state index is 11.9. The van der Waals surface area contributed by atoms with E-state index in [4.69, 9.17) is 13.9 Å². The van der Waals surface area contributed by atoms with Crippen molar-refractivity contribution >= 4 is 26.9 Å². The molecule has 0 fully saturated rings. The number of hydrogen-bond acceptors (Lipinski definition) is 4. The minimum absolute atomic E-state index is 0.144. The van der Waals surface area contributed by atoms with E-state index in [0.29, 0.717) is 11.3 Å². The number of rotatable bonds is 3. The quantitative estimate of drug-likeness (QED) is 0.661. The molecule has 0 amide bonds. The summed E-state index contributed by atoms with van der Waals surface area (Å²) in [4.78, 5) is 11.9. The maximum Gasteiger partial charge on any atom is 0.379 e. The highest BCUT2D eigenvalue weighted by atomic mass is 79.9. The molecule has 0 aliphatic heterocycles. The minimum Gasteiger partial charge on any atom is -0.497 e. The first-order valence-corrected chi connectivity index (χ1v) is 7.00. The number of halogens is 1. The smallest absolute Gasteiger partial charge is 0.379 e. The molecule has 0 aliphatic rings. The molecule has 5 heteroatoms. The number of benzene rings is 2. The predicted molar refractivity (Wildman–Crippen MR) is 83.3 cm³/mol. The van der Waals surface area contributed by atoms with Crippen molar-refractivity contribution in [2.45, 2.75) is 0 Å². The summed E-state index contributed by atoms with van der Waals surface area (Å²) in [6.07, 6.45) is 0. The second-order valence-corrected chi connectivity index (χ2v) is 5.27. The molecule has 0 bridgehead atoms. The van der Waals surface area contributed by atoms with E-state index < -0.39 is 5.63 Å². The lowest BCUT2D eigenvalue weighted by molar-refractivity contribution is 0.411. The van der Waals surface area contributed by atoms with E-state index in [9.17, 15) is 4.79 Å². The first-order chi connectivity index (χ1) is 10.2. The molecule has 3 rings (SSSR count). The Morgan fingerprint density at radius 2 is 1.71 bits per heavy atom. The third-order valence-corrected chi connectivity index (χ3v) is 3.44. The lowest BCUT2D eigenvalue weighted by Gasteiger charge is -2.06. The van der Waals surface area contributed by atoms with E-state index in [1.165, 1.54) is 0 Å². The van der Waals surface area contributed by atoms with Crippen LogP contribution in [0.2, 0.25) is 0 Å². The fraction of sp³-hybridized carbons (Fsp3) is 0.0625. The van der Waals surface area contributed by atoms with Crippen LogP contribution >= 0.6 is 15.9 Å². The van der Waals surface area contributed by atoms with Crippen LogP contribution < -0.4 is 15.1 Å². The van der Waals surface area contributed by atoms with Gasteiger partial charge in [-0.3, -0.25) is 0 Å². The molecule has 0 aliphatic carbocycles. The molecule has 1 aromatic heterocycles. The zero-order valence-electron chi connectivity index (χ0n) is 11.1. The Morgan fingerprint density at radius 3 is 2.43 bits per heavy atom. The van der Waals surface area contributed by atoms with E-state index >= 15 is 0 Å². The molecule has 3 aromatic rings. The third-order valence-electron chi connectivity index (χ3n) is 2.95. The van der Waals surface area contributed by atoms with Gasteiger partial charge in [-0.2, -0.15) is 0 Å². The fourth-order valence-electron chi connectivity index (χ4n) is 1.92. The standard InChI is InChI=1S/C16H11BrO4/c1-19-12-3-5-13(6-4-12)20-15-9-10-8-11(17)2-7-14(10)21-16(15)18/h2-9H,1H3. The van der Waals surface area contributed by atoms with Gasteiger partial charge in [-0.25, -0.2) is 4.79 Å². The van der Waals surface area contributed by atoms with Gasteiger partial charge in [0.1, 0.15) is 17.1 Å². The first-order valence-electron chi connectivity index (χ1n) is 6.21. The average Bonchev–Trinajstić information content (AvgIpc) is 2.49. The number of fused-ring (bicyclic) bond motifs is 1. The summed E-state index contributed by atoms with van der Waals surface area (Å²) < 4.78 is 16.8. The van der Waals surface area contributed by atoms with Crippen molar-refractivity contribution in [3.05, 3.63) is 63.4 Å². The van der Waals surface area contributed by atoms with E-state index in [2.05, 4.69) is 15.9 Å². The van der Waals surface area contributed by atoms with Crippen molar-refractivity contribution in [3.8, 4) is 17.2 Å². The SMILES string of the molecule is COc1ccc(Oc2cc3cc(Br)ccc3oc2=O)cc1. The Bertz CT molecular complexity index is 837. The highest BCUT2D eigenvalue weighted by molar-refractivity contribution is 9.10. The van der Waals surface area contributed by atoms with Gasteiger partial charge in [-0.05, 0) is 48.5 Å². The molecule has 0 N–H and O–H groups in total. The van der Waals surface area contributed by atoms with Crippen molar-refractivity contribution < 1.29 is 13.9 Å². The van der Waals surface area contributed by atoms with Crippen LogP contribution in [-0.2, 0) is 0 Å². The lowest BCUT2D eigenvalue weighted by atomic mass is 10.2. The Morgan fingerprint density at radius 1 is 1.00 bits per heavy atom. The van der Waals surface area contributed by atoms with Crippen LogP contribution in [0.5, 0.6) is 17.2 Å². The third kappa shape index (κ3) is 2.92. The number of ether oxygens (including phenoxy) is 2. The molecule has 0 atom stereocenters. The predicted octanol–water partition coefficient (Wildman–Crippen LogP) is 4.36. The van der Waals surface area contributed by atoms with Crippen LogP contribution in [0.4, 0.5) is 0 Å². The molecule has 4 nitrogen and oxygen atoms in total. The van der Waals surface area contributed by atoms with Gasteiger partial charge in [0.05, 0.1) is 7.11 Å². The van der Waals surface area contributed by atoms with E-state index in [1.807, 2.05) is 12.1 Å². The van der Waals surface area contributed by atoms with E-state index in [-0.39, 0.29) is 5.75 Å². The van der Waals surface area contributed by atoms with Crippen LogP contribution in [0.25, 0.3) is 11.0 Å². The van der Waals surface area contributed by atoms with Crippen molar-refractivity contribution in [1.29, 1.82) is 0 Å². The molecule has 0 spiro atoms. The Kier molecular flexibility index (Phi) is 3.66. The summed E-state index contributed by atoms with van der Waals surface area (Å²) >= 11 is 3.38. The molecular formula is C16H11BrO4. The zero-order chi connectivity index (χ0) is 14.8. The second kappa shape index (κ2) is 5.61. The van der Waals surface area contributed by atoms with Gasteiger partial charge in [0.25, 0.3) is 0 Å². The summed E-state index contributed by atoms with van der Waals surface area (Å²) in [5.41, 5.74) is 0.00548. The minimum atomic E-state index is -0.513. The largest absolute Gasteiger partial charge is 0.497 e. The summed E-state index contributed by atoms with van der Waals surface area (Å²) in [6, 6.07) is 14.0. The monoisotopic (exact) mass is 346 g/mol. The van der Waals surface area contributed by atoms with Crippen LogP contribution in [-0.4, -0.2) is 7.11 Å². The van der Waals surface area contributed by atoms with E-state index in [0.717, 1.165) is 15.6 Å². The zero-order valence-corrected chi connectivity index (χ0v) is 12.7. The van der Waals surface area contributed by atoms with Crippen molar-refractivity contribution in [2.24, 2.45) is 0 Å². The van der Waals surface area contributed by atoms with Crippen LogP contribution in [0.1, 0.15) is 0 Å². The van der Waals surface area contributed by atoms with E-state index in [1.54, 1.807) is 43.5 Å². The Hall–Kier alpha value is -2.27. The molecular weight excluding hydrogens is 336 g/mol. The second-order valence-electron chi connectivity index (χ2n) is 4.36. The highest BCUT2D eigenvalue weighted by Crippen LogP contribution is 2.25. The number of hydrogen-bond donors (Lipinski definition) is 0. The topological polar surface area (TPSA) is 48.7 Å². The van der Waals surface area contributed by atoms with Crippen LogP contribution in [0, 0.1) is 0 Å². The molecule has 0 saturated carbocycles. The van der Waals surface area contributed by atoms with Gasteiger partial charge in [-0.15, -0.1) is 0 Å². The first kappa shape index (κ1) is 13.7. The Labute approximate surface area is 129 Å². The van der Waals surface area contributed by atoms with Gasteiger partial charge >= 0.3 is 5.63 Å². The molecule has 0 unspecified atom stereocenters. The van der Waals surface area contributed by atoms with Crippen molar-refractivity contribution in [3.63, 3.8) is 0 Å². The van der Waals surface area contributed by atoms with Crippen molar-refractivity contribution in [2.75, 3.05) is 7.11 Å². The molecule has 106 valence electrons. The normalized spacial score (nSPS) is 10.6. The highest BCUT2D eigenvalue weighted by Gasteiger charge is 2.08. The molecule has 21 heavy (non-hydrogen) atoms. The van der Waals surface area contributed by atoms with Crippen LogP contribution in [0.15, 0.2) is 62.2 Å². The Balaban J connectivity index is 1.99. The molecule has 1 heterocycles. The molecule has 0 saturated heterocycles. The average molecular weight is 347 g/mol. The molecule has 0 radical (unpaired) electrons.